The summed E-state index contributed by atoms with van der Waals surface area (Å²) in [6.45, 7) is 5.83. The molecule has 2 aromatic carbocycles. The smallest absolute Gasteiger partial charge is 0.261 e. The SMILES string of the molecule is CC(C)CNC(=O)[C@H](C)N(Cc1c(Cl)cccc1Cl)C(=O)COc1ccc(Cl)cc1Cl. The fourth-order valence-corrected chi connectivity index (χ4v) is 3.68. The van der Waals surface area contributed by atoms with E-state index in [4.69, 9.17) is 51.1 Å². The van der Waals surface area contributed by atoms with Gasteiger partial charge in [-0.25, -0.2) is 0 Å². The number of amides is 2. The van der Waals surface area contributed by atoms with Gasteiger partial charge in [-0.05, 0) is 43.2 Å². The normalized spacial score (nSPS) is 11.9. The zero-order valence-corrected chi connectivity index (χ0v) is 20.4. The number of rotatable bonds is 9. The van der Waals surface area contributed by atoms with Gasteiger partial charge in [-0.15, -0.1) is 0 Å². The summed E-state index contributed by atoms with van der Waals surface area (Å²) in [6, 6.07) is 9.00. The fourth-order valence-electron chi connectivity index (χ4n) is 2.70. The molecule has 0 radical (unpaired) electrons. The molecule has 0 aliphatic rings. The monoisotopic (exact) mass is 504 g/mol. The van der Waals surface area contributed by atoms with Crippen LogP contribution in [0.3, 0.4) is 0 Å². The lowest BCUT2D eigenvalue weighted by atomic mass is 10.1. The van der Waals surface area contributed by atoms with Crippen LogP contribution < -0.4 is 10.1 Å². The van der Waals surface area contributed by atoms with Gasteiger partial charge in [-0.1, -0.05) is 66.3 Å². The molecule has 0 unspecified atom stereocenters. The van der Waals surface area contributed by atoms with Gasteiger partial charge in [0.05, 0.1) is 5.02 Å². The van der Waals surface area contributed by atoms with E-state index in [-0.39, 0.29) is 30.0 Å². The first-order valence-electron chi connectivity index (χ1n) is 9.68. The third-order valence-corrected chi connectivity index (χ3v) is 5.73. The zero-order chi connectivity index (χ0) is 23.1. The van der Waals surface area contributed by atoms with Gasteiger partial charge >= 0.3 is 0 Å². The summed E-state index contributed by atoms with van der Waals surface area (Å²) in [4.78, 5) is 27.1. The van der Waals surface area contributed by atoms with Crippen molar-refractivity contribution in [1.82, 2.24) is 10.2 Å². The van der Waals surface area contributed by atoms with Crippen LogP contribution in [0.1, 0.15) is 26.3 Å². The number of benzene rings is 2. The molecule has 0 fully saturated rings. The first-order chi connectivity index (χ1) is 14.6. The highest BCUT2D eigenvalue weighted by Gasteiger charge is 2.28. The molecule has 1 atom stereocenters. The largest absolute Gasteiger partial charge is 0.482 e. The van der Waals surface area contributed by atoms with Gasteiger partial charge in [0.2, 0.25) is 5.91 Å². The van der Waals surface area contributed by atoms with Crippen LogP contribution in [0.4, 0.5) is 0 Å². The Labute approximate surface area is 202 Å². The summed E-state index contributed by atoms with van der Waals surface area (Å²) in [6.07, 6.45) is 0. The first-order valence-corrected chi connectivity index (χ1v) is 11.2. The van der Waals surface area contributed by atoms with Crippen molar-refractivity contribution < 1.29 is 14.3 Å². The number of hydrogen-bond donors (Lipinski definition) is 1. The summed E-state index contributed by atoms with van der Waals surface area (Å²) in [7, 11) is 0. The fraction of sp³-hybridized carbons (Fsp3) is 0.364. The van der Waals surface area contributed by atoms with Gasteiger partial charge in [-0.2, -0.15) is 0 Å². The number of halogens is 4. The first kappa shape index (κ1) is 25.6. The van der Waals surface area contributed by atoms with Gasteiger partial charge in [0.25, 0.3) is 5.91 Å². The van der Waals surface area contributed by atoms with Gasteiger partial charge < -0.3 is 15.0 Å². The summed E-state index contributed by atoms with van der Waals surface area (Å²) >= 11 is 24.6. The Morgan fingerprint density at radius 3 is 2.23 bits per heavy atom. The van der Waals surface area contributed by atoms with Crippen LogP contribution in [0, 0.1) is 5.92 Å². The van der Waals surface area contributed by atoms with E-state index < -0.39 is 11.9 Å². The van der Waals surface area contributed by atoms with Crippen molar-refractivity contribution in [3.8, 4) is 5.75 Å². The molecule has 2 aromatic rings. The van der Waals surface area contributed by atoms with Gasteiger partial charge in [0.15, 0.2) is 6.61 Å². The Bertz CT molecular complexity index is 917. The molecule has 0 spiro atoms. The third kappa shape index (κ3) is 7.46. The van der Waals surface area contributed by atoms with E-state index in [1.807, 2.05) is 13.8 Å². The van der Waals surface area contributed by atoms with E-state index >= 15 is 0 Å². The Hall–Kier alpha value is -1.66. The number of carbonyl (C=O) groups excluding carboxylic acids is 2. The lowest BCUT2D eigenvalue weighted by Crippen LogP contribution is -2.49. The number of hydrogen-bond acceptors (Lipinski definition) is 3. The van der Waals surface area contributed by atoms with Crippen molar-refractivity contribution in [2.24, 2.45) is 5.92 Å². The Kier molecular flexibility index (Phi) is 9.76. The molecule has 0 aliphatic carbocycles. The van der Waals surface area contributed by atoms with Crippen molar-refractivity contribution in [2.45, 2.75) is 33.4 Å². The predicted molar refractivity (Wildman–Crippen MR) is 126 cm³/mol. The molecule has 0 aliphatic heterocycles. The van der Waals surface area contributed by atoms with Gasteiger partial charge in [0, 0.05) is 33.7 Å². The van der Waals surface area contributed by atoms with E-state index in [9.17, 15) is 9.59 Å². The average Bonchev–Trinajstić information content (AvgIpc) is 2.70. The maximum absolute atomic E-state index is 13.1. The van der Waals surface area contributed by atoms with E-state index in [0.717, 1.165) is 0 Å². The van der Waals surface area contributed by atoms with Crippen LogP contribution >= 0.6 is 46.4 Å². The molecule has 0 saturated heterocycles. The Balaban J connectivity index is 2.22. The number of carbonyl (C=O) groups is 2. The van der Waals surface area contributed by atoms with Crippen LogP contribution in [-0.2, 0) is 16.1 Å². The van der Waals surface area contributed by atoms with Crippen LogP contribution in [0.2, 0.25) is 20.1 Å². The molecular formula is C22H24Cl4N2O3. The second kappa shape index (κ2) is 11.8. The van der Waals surface area contributed by atoms with E-state index in [1.165, 1.54) is 11.0 Å². The lowest BCUT2D eigenvalue weighted by molar-refractivity contribution is -0.142. The van der Waals surface area contributed by atoms with Crippen molar-refractivity contribution in [1.29, 1.82) is 0 Å². The minimum Gasteiger partial charge on any atom is -0.482 e. The highest BCUT2D eigenvalue weighted by molar-refractivity contribution is 6.36. The van der Waals surface area contributed by atoms with Crippen LogP contribution in [0.15, 0.2) is 36.4 Å². The second-order valence-electron chi connectivity index (χ2n) is 7.40. The molecule has 0 heterocycles. The molecule has 9 heteroatoms. The molecule has 2 amide bonds. The zero-order valence-electron chi connectivity index (χ0n) is 17.4. The number of ether oxygens (including phenoxy) is 1. The predicted octanol–water partition coefficient (Wildman–Crippen LogP) is 5.87. The molecule has 2 rings (SSSR count). The molecule has 1 N–H and O–H groups in total. The van der Waals surface area contributed by atoms with Crippen molar-refractivity contribution >= 4 is 58.2 Å². The summed E-state index contributed by atoms with van der Waals surface area (Å²) in [5.41, 5.74) is 0.548. The Morgan fingerprint density at radius 1 is 1.00 bits per heavy atom. The third-order valence-electron chi connectivity index (χ3n) is 4.49. The molecule has 0 saturated carbocycles. The molecular weight excluding hydrogens is 482 g/mol. The number of nitrogens with one attached hydrogen (secondary N) is 1. The van der Waals surface area contributed by atoms with Crippen LogP contribution in [0.5, 0.6) is 5.75 Å². The van der Waals surface area contributed by atoms with Crippen molar-refractivity contribution in [3.05, 3.63) is 62.1 Å². The summed E-state index contributed by atoms with van der Waals surface area (Å²) in [5, 5.41) is 4.39. The van der Waals surface area contributed by atoms with E-state index in [0.29, 0.717) is 32.9 Å². The van der Waals surface area contributed by atoms with E-state index in [1.54, 1.807) is 37.3 Å². The minimum atomic E-state index is -0.775. The second-order valence-corrected chi connectivity index (χ2v) is 9.06. The highest BCUT2D eigenvalue weighted by atomic mass is 35.5. The number of nitrogens with zero attached hydrogens (tertiary/aromatic N) is 1. The lowest BCUT2D eigenvalue weighted by Gasteiger charge is -2.29. The molecule has 168 valence electrons. The van der Waals surface area contributed by atoms with Gasteiger partial charge in [-0.3, -0.25) is 9.59 Å². The standard InChI is InChI=1S/C22H24Cl4N2O3/c1-13(2)10-27-22(30)14(3)28(11-16-17(24)5-4-6-18(16)25)21(29)12-31-20-8-7-15(23)9-19(20)26/h4-9,13-14H,10-12H2,1-3H3,(H,27,30)/t14-/m0/s1. The quantitative estimate of drug-likeness (QED) is 0.463. The summed E-state index contributed by atoms with van der Waals surface area (Å²) in [5.74, 6) is -0.121. The van der Waals surface area contributed by atoms with Gasteiger partial charge in [0.1, 0.15) is 11.8 Å². The molecule has 5 nitrogen and oxygen atoms in total. The summed E-state index contributed by atoms with van der Waals surface area (Å²) < 4.78 is 5.58. The van der Waals surface area contributed by atoms with E-state index in [2.05, 4.69) is 5.32 Å². The van der Waals surface area contributed by atoms with Crippen molar-refractivity contribution in [3.63, 3.8) is 0 Å². The topological polar surface area (TPSA) is 58.6 Å². The minimum absolute atomic E-state index is 0.0469. The molecule has 0 aromatic heterocycles. The Morgan fingerprint density at radius 2 is 1.65 bits per heavy atom. The van der Waals surface area contributed by atoms with Crippen LogP contribution in [0.25, 0.3) is 0 Å². The molecule has 31 heavy (non-hydrogen) atoms. The highest BCUT2D eigenvalue weighted by Crippen LogP contribution is 2.29. The molecule has 0 bridgehead atoms. The average molecular weight is 506 g/mol. The van der Waals surface area contributed by atoms with Crippen molar-refractivity contribution in [2.75, 3.05) is 13.2 Å². The van der Waals surface area contributed by atoms with Crippen LogP contribution in [-0.4, -0.2) is 35.9 Å². The maximum Gasteiger partial charge on any atom is 0.261 e. The maximum atomic E-state index is 13.1.